The zero-order valence-electron chi connectivity index (χ0n) is 17.0. The molecule has 0 spiro atoms. The molecule has 2 heterocycles. The summed E-state index contributed by atoms with van der Waals surface area (Å²) in [7, 11) is -8.04. The summed E-state index contributed by atoms with van der Waals surface area (Å²) in [6.45, 7) is 1.65. The summed E-state index contributed by atoms with van der Waals surface area (Å²) in [4.78, 5) is 14.5. The number of hydrogen-bond donors (Lipinski definition) is 2. The van der Waals surface area contributed by atoms with Crippen LogP contribution in [0.25, 0.3) is 21.5 Å². The normalized spacial score (nSPS) is 12.2. The van der Waals surface area contributed by atoms with E-state index < -0.39 is 25.8 Å². The lowest BCUT2D eigenvalue weighted by Gasteiger charge is -2.12. The van der Waals surface area contributed by atoms with Gasteiger partial charge in [0.2, 0.25) is 5.89 Å². The molecular weight excluding hydrogens is 512 g/mol. The van der Waals surface area contributed by atoms with Crippen LogP contribution >= 0.6 is 22.9 Å². The first-order valence-electron chi connectivity index (χ1n) is 9.11. The number of nitrogens with zero attached hydrogens (tertiary/aromatic N) is 1. The SMILES string of the molecule is Cc1c(S(=O)(=O)Nc2ccc(-c3nc(C(=O)O)co3)cc2S(C)(=O)=O)sc2ccc(Cl)cc12. The Bertz CT molecular complexity index is 1640. The van der Waals surface area contributed by atoms with E-state index in [4.69, 9.17) is 21.1 Å². The summed E-state index contributed by atoms with van der Waals surface area (Å²) < 4.78 is 59.4. The number of rotatable bonds is 6. The minimum Gasteiger partial charge on any atom is -0.476 e. The Morgan fingerprint density at radius 3 is 2.52 bits per heavy atom. The van der Waals surface area contributed by atoms with Crippen LogP contribution in [0, 0.1) is 6.92 Å². The Kier molecular flexibility index (Phi) is 5.73. The second-order valence-corrected chi connectivity index (χ2v) is 12.4. The van der Waals surface area contributed by atoms with Crippen molar-refractivity contribution in [1.82, 2.24) is 4.98 Å². The fourth-order valence-electron chi connectivity index (χ4n) is 3.17. The van der Waals surface area contributed by atoms with Gasteiger partial charge in [-0.05, 0) is 54.3 Å². The number of carboxylic acids is 1. The number of aromatic nitrogens is 1. The molecule has 0 amide bonds. The van der Waals surface area contributed by atoms with E-state index in [1.165, 1.54) is 18.2 Å². The van der Waals surface area contributed by atoms with Gasteiger partial charge in [-0.15, -0.1) is 11.3 Å². The van der Waals surface area contributed by atoms with Crippen LogP contribution in [0.2, 0.25) is 5.02 Å². The van der Waals surface area contributed by atoms with Gasteiger partial charge < -0.3 is 9.52 Å². The highest BCUT2D eigenvalue weighted by molar-refractivity contribution is 7.95. The summed E-state index contributed by atoms with van der Waals surface area (Å²) in [5, 5.41) is 10.1. The molecule has 13 heteroatoms. The minimum atomic E-state index is -4.14. The lowest BCUT2D eigenvalue weighted by atomic mass is 10.2. The number of hydrogen-bond acceptors (Lipinski definition) is 8. The van der Waals surface area contributed by atoms with E-state index in [2.05, 4.69) is 9.71 Å². The maximum Gasteiger partial charge on any atom is 0.357 e. The molecule has 0 fully saturated rings. The van der Waals surface area contributed by atoms with E-state index in [0.717, 1.165) is 23.9 Å². The minimum absolute atomic E-state index is 0.0297. The standard InChI is InChI=1S/C20H15ClN2O7S3/c1-10-13-8-12(21)4-6-16(13)31-20(10)33(28,29)23-14-5-3-11(7-17(14)32(2,26)27)18-22-15(9-30-18)19(24)25/h3-9,23H,1-2H3,(H,24,25). The molecule has 2 aromatic heterocycles. The summed E-state index contributed by atoms with van der Waals surface area (Å²) in [6, 6.07) is 8.84. The molecule has 0 atom stereocenters. The van der Waals surface area contributed by atoms with Crippen molar-refractivity contribution < 1.29 is 31.2 Å². The number of nitrogens with one attached hydrogen (secondary N) is 1. The lowest BCUT2D eigenvalue weighted by molar-refractivity contribution is 0.0690. The van der Waals surface area contributed by atoms with Gasteiger partial charge in [-0.3, -0.25) is 4.72 Å². The number of halogens is 1. The largest absolute Gasteiger partial charge is 0.476 e. The topological polar surface area (TPSA) is 144 Å². The van der Waals surface area contributed by atoms with E-state index in [1.807, 2.05) is 0 Å². The van der Waals surface area contributed by atoms with Gasteiger partial charge in [0, 0.05) is 21.5 Å². The molecule has 0 aliphatic rings. The number of fused-ring (bicyclic) bond motifs is 1. The first kappa shape index (κ1) is 23.2. The number of thiophene rings is 1. The van der Waals surface area contributed by atoms with Crippen molar-refractivity contribution in [2.24, 2.45) is 0 Å². The van der Waals surface area contributed by atoms with E-state index in [-0.39, 0.29) is 31.9 Å². The van der Waals surface area contributed by atoms with Crippen LogP contribution in [0.1, 0.15) is 16.1 Å². The Balaban J connectivity index is 1.78. The van der Waals surface area contributed by atoms with Crippen LogP contribution in [0.5, 0.6) is 0 Å². The monoisotopic (exact) mass is 526 g/mol. The predicted molar refractivity (Wildman–Crippen MR) is 124 cm³/mol. The van der Waals surface area contributed by atoms with Gasteiger partial charge in [-0.2, -0.15) is 0 Å². The highest BCUT2D eigenvalue weighted by Crippen LogP contribution is 2.37. The highest BCUT2D eigenvalue weighted by Gasteiger charge is 2.25. The predicted octanol–water partition coefficient (Wildman–Crippen LogP) is 4.42. The number of aryl methyl sites for hydroxylation is 1. The molecule has 172 valence electrons. The highest BCUT2D eigenvalue weighted by atomic mass is 35.5. The fraction of sp³-hybridized carbons (Fsp3) is 0.100. The second-order valence-electron chi connectivity index (χ2n) is 7.09. The average Bonchev–Trinajstić information content (AvgIpc) is 3.33. The maximum absolute atomic E-state index is 13.2. The summed E-state index contributed by atoms with van der Waals surface area (Å²) in [5.41, 5.74) is 0.138. The third-order valence-corrected chi connectivity index (χ3v) is 9.32. The number of sulfonamides is 1. The molecule has 9 nitrogen and oxygen atoms in total. The molecule has 0 radical (unpaired) electrons. The van der Waals surface area contributed by atoms with Crippen LogP contribution in [-0.2, 0) is 19.9 Å². The molecule has 4 rings (SSSR count). The third-order valence-electron chi connectivity index (χ3n) is 4.69. The number of sulfone groups is 1. The van der Waals surface area contributed by atoms with Gasteiger partial charge in [-0.25, -0.2) is 26.6 Å². The van der Waals surface area contributed by atoms with E-state index >= 15 is 0 Å². The van der Waals surface area contributed by atoms with Crippen molar-refractivity contribution in [2.75, 3.05) is 11.0 Å². The number of carbonyl (C=O) groups is 1. The summed E-state index contributed by atoms with van der Waals surface area (Å²) in [5.74, 6) is -1.43. The smallest absolute Gasteiger partial charge is 0.357 e. The molecule has 2 aromatic carbocycles. The van der Waals surface area contributed by atoms with Crippen molar-refractivity contribution in [3.8, 4) is 11.5 Å². The Hall–Kier alpha value is -2.93. The summed E-state index contributed by atoms with van der Waals surface area (Å²) in [6.07, 6.45) is 1.85. The fourth-order valence-corrected chi connectivity index (χ4v) is 7.09. The van der Waals surface area contributed by atoms with Crippen molar-refractivity contribution in [2.45, 2.75) is 16.0 Å². The van der Waals surface area contributed by atoms with Gasteiger partial charge in [0.15, 0.2) is 15.5 Å². The van der Waals surface area contributed by atoms with Gasteiger partial charge in [0.25, 0.3) is 10.0 Å². The van der Waals surface area contributed by atoms with Crippen molar-refractivity contribution >= 4 is 64.5 Å². The first-order valence-corrected chi connectivity index (χ1v) is 13.7. The first-order chi connectivity index (χ1) is 15.4. The molecule has 4 aromatic rings. The number of anilines is 1. The number of carboxylic acid groups (broad SMARTS) is 1. The molecule has 0 aliphatic carbocycles. The average molecular weight is 527 g/mol. The zero-order chi connectivity index (χ0) is 24.1. The Morgan fingerprint density at radius 1 is 1.15 bits per heavy atom. The molecule has 0 unspecified atom stereocenters. The van der Waals surface area contributed by atoms with E-state index in [9.17, 15) is 21.6 Å². The molecule has 33 heavy (non-hydrogen) atoms. The maximum atomic E-state index is 13.2. The van der Waals surface area contributed by atoms with Crippen molar-refractivity contribution in [1.29, 1.82) is 0 Å². The van der Waals surface area contributed by atoms with Crippen LogP contribution in [-0.4, -0.2) is 39.2 Å². The van der Waals surface area contributed by atoms with Crippen molar-refractivity contribution in [3.05, 3.63) is 58.9 Å². The van der Waals surface area contributed by atoms with Gasteiger partial charge in [-0.1, -0.05) is 11.6 Å². The van der Waals surface area contributed by atoms with Gasteiger partial charge in [0.1, 0.15) is 10.5 Å². The molecule has 0 saturated carbocycles. The molecular formula is C20H15ClN2O7S3. The zero-order valence-corrected chi connectivity index (χ0v) is 20.2. The lowest BCUT2D eigenvalue weighted by Crippen LogP contribution is -2.15. The Labute approximate surface area is 197 Å². The molecule has 0 saturated heterocycles. The molecule has 2 N–H and O–H groups in total. The quantitative estimate of drug-likeness (QED) is 0.375. The van der Waals surface area contributed by atoms with Crippen LogP contribution in [0.3, 0.4) is 0 Å². The van der Waals surface area contributed by atoms with Gasteiger partial charge in [0.05, 0.1) is 10.6 Å². The van der Waals surface area contributed by atoms with Crippen LogP contribution < -0.4 is 4.72 Å². The molecule has 0 aliphatic heterocycles. The van der Waals surface area contributed by atoms with E-state index in [1.54, 1.807) is 25.1 Å². The van der Waals surface area contributed by atoms with Crippen LogP contribution in [0.15, 0.2) is 56.2 Å². The molecule has 0 bridgehead atoms. The van der Waals surface area contributed by atoms with E-state index in [0.29, 0.717) is 20.7 Å². The number of benzene rings is 2. The second kappa shape index (κ2) is 8.13. The van der Waals surface area contributed by atoms with Crippen molar-refractivity contribution in [3.63, 3.8) is 0 Å². The van der Waals surface area contributed by atoms with Crippen LogP contribution in [0.4, 0.5) is 5.69 Å². The summed E-state index contributed by atoms with van der Waals surface area (Å²) >= 11 is 7.07. The third kappa shape index (κ3) is 4.47. The number of aromatic carboxylic acids is 1. The number of oxazole rings is 1. The van der Waals surface area contributed by atoms with Gasteiger partial charge >= 0.3 is 5.97 Å². The Morgan fingerprint density at radius 2 is 1.88 bits per heavy atom.